The van der Waals surface area contributed by atoms with E-state index < -0.39 is 16.1 Å². The molecule has 0 bridgehead atoms. The second-order valence-electron chi connectivity index (χ2n) is 6.76. The minimum Gasteiger partial charge on any atom is -0.354 e. The molecule has 0 saturated heterocycles. The molecule has 1 unspecified atom stereocenters. The van der Waals surface area contributed by atoms with Crippen LogP contribution in [-0.2, 0) is 14.8 Å². The van der Waals surface area contributed by atoms with E-state index in [1.807, 2.05) is 34.6 Å². The molecule has 0 heterocycles. The Kier molecular flexibility index (Phi) is 7.22. The van der Waals surface area contributed by atoms with Gasteiger partial charge in [0.05, 0.1) is 4.90 Å². The van der Waals surface area contributed by atoms with Gasteiger partial charge in [-0.15, -0.1) is 0 Å². The molecule has 0 fully saturated rings. The monoisotopic (exact) mass is 340 g/mol. The van der Waals surface area contributed by atoms with Crippen LogP contribution in [0.2, 0.25) is 0 Å². The predicted molar refractivity (Wildman–Crippen MR) is 92.6 cm³/mol. The van der Waals surface area contributed by atoms with Gasteiger partial charge in [-0.05, 0) is 37.3 Å². The molecule has 0 aromatic heterocycles. The van der Waals surface area contributed by atoms with Gasteiger partial charge >= 0.3 is 0 Å². The zero-order valence-electron chi connectivity index (χ0n) is 14.6. The fourth-order valence-corrected chi connectivity index (χ4v) is 3.29. The standard InChI is InChI=1S/C17H28N2O3S/c1-12(2)10-16(17(20)18-11-13(3)4)19-23(21,22)15-8-6-14(5)7-9-15/h6-9,12-13,16,19H,10-11H2,1-5H3,(H,18,20). The number of carbonyl (C=O) groups is 1. The van der Waals surface area contributed by atoms with Crippen LogP contribution in [0.15, 0.2) is 29.2 Å². The third-order valence-corrected chi connectivity index (χ3v) is 4.82. The summed E-state index contributed by atoms with van der Waals surface area (Å²) in [6.45, 7) is 10.3. The van der Waals surface area contributed by atoms with Gasteiger partial charge in [0.1, 0.15) is 6.04 Å². The minimum absolute atomic E-state index is 0.175. The van der Waals surface area contributed by atoms with Crippen molar-refractivity contribution >= 4 is 15.9 Å². The Morgan fingerprint density at radius 1 is 1.04 bits per heavy atom. The van der Waals surface area contributed by atoms with E-state index in [-0.39, 0.29) is 16.7 Å². The molecule has 0 radical (unpaired) electrons. The molecule has 0 aliphatic heterocycles. The van der Waals surface area contributed by atoms with Gasteiger partial charge < -0.3 is 5.32 Å². The lowest BCUT2D eigenvalue weighted by atomic mass is 10.0. The Bertz CT molecular complexity index is 607. The maximum atomic E-state index is 12.5. The van der Waals surface area contributed by atoms with Crippen molar-refractivity contribution < 1.29 is 13.2 Å². The van der Waals surface area contributed by atoms with Crippen LogP contribution in [0.3, 0.4) is 0 Å². The molecule has 1 atom stereocenters. The molecular formula is C17H28N2O3S. The van der Waals surface area contributed by atoms with Crippen molar-refractivity contribution in [3.05, 3.63) is 29.8 Å². The fraction of sp³-hybridized carbons (Fsp3) is 0.588. The summed E-state index contributed by atoms with van der Waals surface area (Å²) >= 11 is 0. The molecule has 1 amide bonds. The number of amides is 1. The second kappa shape index (κ2) is 8.45. The van der Waals surface area contributed by atoms with Gasteiger partial charge in [-0.2, -0.15) is 4.72 Å². The highest BCUT2D eigenvalue weighted by molar-refractivity contribution is 7.89. The van der Waals surface area contributed by atoms with Crippen molar-refractivity contribution in [2.24, 2.45) is 11.8 Å². The largest absolute Gasteiger partial charge is 0.354 e. The zero-order chi connectivity index (χ0) is 17.6. The molecule has 0 aliphatic rings. The molecule has 130 valence electrons. The highest BCUT2D eigenvalue weighted by Gasteiger charge is 2.26. The smallest absolute Gasteiger partial charge is 0.241 e. The van der Waals surface area contributed by atoms with Crippen molar-refractivity contribution in [1.29, 1.82) is 0 Å². The first-order valence-corrected chi connectivity index (χ1v) is 9.47. The maximum Gasteiger partial charge on any atom is 0.241 e. The number of aryl methyl sites for hydroxylation is 1. The number of sulfonamides is 1. The molecule has 23 heavy (non-hydrogen) atoms. The summed E-state index contributed by atoms with van der Waals surface area (Å²) in [4.78, 5) is 12.5. The van der Waals surface area contributed by atoms with Crippen molar-refractivity contribution in [2.75, 3.05) is 6.54 Å². The van der Waals surface area contributed by atoms with Crippen molar-refractivity contribution in [3.8, 4) is 0 Å². The van der Waals surface area contributed by atoms with Crippen molar-refractivity contribution in [1.82, 2.24) is 10.0 Å². The first-order chi connectivity index (χ1) is 10.6. The van der Waals surface area contributed by atoms with E-state index in [2.05, 4.69) is 10.0 Å². The summed E-state index contributed by atoms with van der Waals surface area (Å²) in [5, 5.41) is 2.80. The van der Waals surface area contributed by atoms with E-state index in [4.69, 9.17) is 0 Å². The van der Waals surface area contributed by atoms with Crippen LogP contribution in [0.5, 0.6) is 0 Å². The Balaban J connectivity index is 2.90. The third-order valence-electron chi connectivity index (χ3n) is 3.34. The number of benzene rings is 1. The van der Waals surface area contributed by atoms with Crippen LogP contribution in [0.25, 0.3) is 0 Å². The summed E-state index contributed by atoms with van der Waals surface area (Å²) in [6, 6.07) is 5.82. The number of hydrogen-bond acceptors (Lipinski definition) is 3. The van der Waals surface area contributed by atoms with Gasteiger partial charge in [-0.3, -0.25) is 4.79 Å². The summed E-state index contributed by atoms with van der Waals surface area (Å²) in [5.41, 5.74) is 0.984. The quantitative estimate of drug-likeness (QED) is 0.763. The summed E-state index contributed by atoms with van der Waals surface area (Å²) < 4.78 is 27.5. The van der Waals surface area contributed by atoms with Crippen LogP contribution in [0.1, 0.15) is 39.7 Å². The van der Waals surface area contributed by atoms with Crippen LogP contribution in [0.4, 0.5) is 0 Å². The van der Waals surface area contributed by atoms with E-state index in [0.29, 0.717) is 18.9 Å². The molecular weight excluding hydrogens is 312 g/mol. The summed E-state index contributed by atoms with van der Waals surface area (Å²) in [5.74, 6) is 0.237. The molecule has 0 saturated carbocycles. The van der Waals surface area contributed by atoms with Crippen LogP contribution < -0.4 is 10.0 Å². The van der Waals surface area contributed by atoms with Crippen LogP contribution >= 0.6 is 0 Å². The van der Waals surface area contributed by atoms with E-state index >= 15 is 0 Å². The predicted octanol–water partition coefficient (Wildman–Crippen LogP) is 2.46. The van der Waals surface area contributed by atoms with Gasteiger partial charge in [0.15, 0.2) is 0 Å². The van der Waals surface area contributed by atoms with E-state index in [9.17, 15) is 13.2 Å². The second-order valence-corrected chi connectivity index (χ2v) is 8.47. The molecule has 0 aliphatic carbocycles. The van der Waals surface area contributed by atoms with Crippen LogP contribution in [0, 0.1) is 18.8 Å². The van der Waals surface area contributed by atoms with Gasteiger partial charge in [-0.1, -0.05) is 45.4 Å². The van der Waals surface area contributed by atoms with Gasteiger partial charge in [0.25, 0.3) is 0 Å². The van der Waals surface area contributed by atoms with Crippen LogP contribution in [-0.4, -0.2) is 26.9 Å². The lowest BCUT2D eigenvalue weighted by molar-refractivity contribution is -0.123. The molecule has 1 rings (SSSR count). The average Bonchev–Trinajstić information content (AvgIpc) is 2.43. The first kappa shape index (κ1) is 19.6. The van der Waals surface area contributed by atoms with Gasteiger partial charge in [0.2, 0.25) is 15.9 Å². The molecule has 5 nitrogen and oxygen atoms in total. The topological polar surface area (TPSA) is 75.3 Å². The van der Waals surface area contributed by atoms with Crippen molar-refractivity contribution in [3.63, 3.8) is 0 Å². The molecule has 0 spiro atoms. The minimum atomic E-state index is -3.72. The SMILES string of the molecule is Cc1ccc(S(=O)(=O)NC(CC(C)C)C(=O)NCC(C)C)cc1. The Morgan fingerprint density at radius 3 is 2.09 bits per heavy atom. The third kappa shape index (κ3) is 6.71. The van der Waals surface area contributed by atoms with E-state index in [1.54, 1.807) is 24.3 Å². The number of rotatable bonds is 8. The van der Waals surface area contributed by atoms with Gasteiger partial charge in [0, 0.05) is 6.54 Å². The lowest BCUT2D eigenvalue weighted by Crippen LogP contribution is -2.48. The van der Waals surface area contributed by atoms with E-state index in [1.165, 1.54) is 0 Å². The number of nitrogens with one attached hydrogen (secondary N) is 2. The maximum absolute atomic E-state index is 12.5. The summed E-state index contributed by atoms with van der Waals surface area (Å²) in [6.07, 6.45) is 0.453. The van der Waals surface area contributed by atoms with E-state index in [0.717, 1.165) is 5.56 Å². The molecule has 1 aromatic carbocycles. The Labute approximate surface area is 139 Å². The number of carbonyl (C=O) groups excluding carboxylic acids is 1. The average molecular weight is 340 g/mol. The highest BCUT2D eigenvalue weighted by Crippen LogP contribution is 2.13. The lowest BCUT2D eigenvalue weighted by Gasteiger charge is -2.21. The normalized spacial score (nSPS) is 13.3. The van der Waals surface area contributed by atoms with Gasteiger partial charge in [-0.25, -0.2) is 8.42 Å². The molecule has 1 aromatic rings. The zero-order valence-corrected chi connectivity index (χ0v) is 15.4. The Morgan fingerprint density at radius 2 is 1.61 bits per heavy atom. The number of hydrogen-bond donors (Lipinski definition) is 2. The fourth-order valence-electron chi connectivity index (χ4n) is 2.08. The molecule has 2 N–H and O–H groups in total. The Hall–Kier alpha value is -1.40. The van der Waals surface area contributed by atoms with Crippen molar-refractivity contribution in [2.45, 2.75) is 52.0 Å². The first-order valence-electron chi connectivity index (χ1n) is 7.98. The molecule has 6 heteroatoms. The summed E-state index contributed by atoms with van der Waals surface area (Å²) in [7, 11) is -3.72. The highest BCUT2D eigenvalue weighted by atomic mass is 32.2.